The quantitative estimate of drug-likeness (QED) is 0.658. The van der Waals surface area contributed by atoms with Gasteiger partial charge in [0.1, 0.15) is 16.1 Å². The van der Waals surface area contributed by atoms with Gasteiger partial charge in [-0.1, -0.05) is 12.2 Å². The van der Waals surface area contributed by atoms with Crippen molar-refractivity contribution >= 4 is 34.6 Å². The van der Waals surface area contributed by atoms with E-state index in [1.165, 1.54) is 11.3 Å². The van der Waals surface area contributed by atoms with Crippen molar-refractivity contribution < 1.29 is 14.3 Å². The molecule has 0 radical (unpaired) electrons. The van der Waals surface area contributed by atoms with Gasteiger partial charge in [0, 0.05) is 17.1 Å². The first kappa shape index (κ1) is 17.1. The summed E-state index contributed by atoms with van der Waals surface area (Å²) in [5.41, 5.74) is 1.87. The van der Waals surface area contributed by atoms with Crippen LogP contribution < -0.4 is 14.8 Å². The maximum atomic E-state index is 12.3. The Hall–Kier alpha value is -2.71. The highest BCUT2D eigenvalue weighted by Gasteiger charge is 2.14. The summed E-state index contributed by atoms with van der Waals surface area (Å²) in [6.45, 7) is 0. The third-order valence-corrected chi connectivity index (χ3v) is 4.57. The normalized spacial score (nSPS) is 10.3. The van der Waals surface area contributed by atoms with Crippen molar-refractivity contribution in [1.82, 2.24) is 9.97 Å². The number of hydrogen-bond acceptors (Lipinski definition) is 6. The van der Waals surface area contributed by atoms with Crippen molar-refractivity contribution in [2.24, 2.45) is 0 Å². The van der Waals surface area contributed by atoms with Gasteiger partial charge in [-0.05, 0) is 30.3 Å². The van der Waals surface area contributed by atoms with Crippen LogP contribution in [0.1, 0.15) is 10.4 Å². The van der Waals surface area contributed by atoms with Gasteiger partial charge in [0.15, 0.2) is 5.13 Å². The van der Waals surface area contributed by atoms with Crippen molar-refractivity contribution in [3.63, 3.8) is 0 Å². The first-order valence-corrected chi connectivity index (χ1v) is 8.58. The van der Waals surface area contributed by atoms with Crippen molar-refractivity contribution in [2.75, 3.05) is 19.5 Å². The number of nitrogens with zero attached hydrogens (tertiary/aromatic N) is 1. The van der Waals surface area contributed by atoms with E-state index in [9.17, 15) is 4.79 Å². The molecule has 0 atom stereocenters. The van der Waals surface area contributed by atoms with Gasteiger partial charge in [-0.15, -0.1) is 11.3 Å². The minimum absolute atomic E-state index is 0.305. The number of hydrogen-bond donors (Lipinski definition) is 2. The number of aromatic nitrogens is 2. The molecule has 8 heteroatoms. The summed E-state index contributed by atoms with van der Waals surface area (Å²) in [5, 5.41) is 5.09. The summed E-state index contributed by atoms with van der Waals surface area (Å²) in [6.07, 6.45) is 1.68. The van der Waals surface area contributed by atoms with E-state index in [2.05, 4.69) is 15.3 Å². The monoisotopic (exact) mass is 373 g/mol. The van der Waals surface area contributed by atoms with Gasteiger partial charge in [0.25, 0.3) is 5.91 Å². The molecule has 128 valence electrons. The smallest absolute Gasteiger partial charge is 0.260 e. The third-order valence-electron chi connectivity index (χ3n) is 3.47. The minimum atomic E-state index is -0.305. The predicted molar refractivity (Wildman–Crippen MR) is 100 cm³/mol. The molecule has 0 fully saturated rings. The van der Waals surface area contributed by atoms with Crippen molar-refractivity contribution in [3.05, 3.63) is 52.1 Å². The van der Waals surface area contributed by atoms with E-state index in [1.54, 1.807) is 32.5 Å². The Bertz CT molecular complexity index is 966. The molecule has 0 spiro atoms. The number of rotatable bonds is 5. The highest BCUT2D eigenvalue weighted by Crippen LogP contribution is 2.35. The minimum Gasteiger partial charge on any atom is -0.497 e. The first-order chi connectivity index (χ1) is 12.1. The number of carbonyl (C=O) groups excluding carboxylic acids is 1. The lowest BCUT2D eigenvalue weighted by Crippen LogP contribution is -2.12. The van der Waals surface area contributed by atoms with Crippen molar-refractivity contribution in [1.29, 1.82) is 0 Å². The zero-order chi connectivity index (χ0) is 17.8. The fourth-order valence-electron chi connectivity index (χ4n) is 2.23. The molecule has 0 aliphatic carbocycles. The van der Waals surface area contributed by atoms with Crippen molar-refractivity contribution in [2.45, 2.75) is 0 Å². The molecule has 2 aromatic heterocycles. The van der Waals surface area contributed by atoms with Crippen LogP contribution in [0.5, 0.6) is 11.5 Å². The van der Waals surface area contributed by atoms with Crippen molar-refractivity contribution in [3.8, 4) is 22.8 Å². The van der Waals surface area contributed by atoms with Gasteiger partial charge in [-0.25, -0.2) is 4.98 Å². The molecule has 2 heterocycles. The number of carbonyl (C=O) groups is 1. The van der Waals surface area contributed by atoms with Gasteiger partial charge in [-0.3, -0.25) is 10.1 Å². The third kappa shape index (κ3) is 3.70. The van der Waals surface area contributed by atoms with E-state index in [1.807, 2.05) is 23.6 Å². The maximum absolute atomic E-state index is 12.3. The highest BCUT2D eigenvalue weighted by atomic mass is 32.1. The van der Waals surface area contributed by atoms with Crippen LogP contribution in [0.2, 0.25) is 0 Å². The van der Waals surface area contributed by atoms with Crippen LogP contribution in [-0.4, -0.2) is 30.1 Å². The number of benzene rings is 1. The summed E-state index contributed by atoms with van der Waals surface area (Å²) < 4.78 is 11.0. The summed E-state index contributed by atoms with van der Waals surface area (Å²) >= 11 is 6.45. The number of aromatic amines is 1. The molecule has 0 aliphatic heterocycles. The summed E-state index contributed by atoms with van der Waals surface area (Å²) in [5.74, 6) is 1.07. The van der Waals surface area contributed by atoms with E-state index in [0.717, 1.165) is 5.56 Å². The fraction of sp³-hybridized carbons (Fsp3) is 0.118. The van der Waals surface area contributed by atoms with Crippen LogP contribution in [0.4, 0.5) is 5.13 Å². The molecule has 0 aliphatic rings. The van der Waals surface area contributed by atoms with Gasteiger partial charge in [-0.2, -0.15) is 0 Å². The molecule has 0 unspecified atom stereocenters. The summed E-state index contributed by atoms with van der Waals surface area (Å²) in [6, 6.07) is 8.85. The highest BCUT2D eigenvalue weighted by molar-refractivity contribution is 7.71. The maximum Gasteiger partial charge on any atom is 0.260 e. The second-order valence-electron chi connectivity index (χ2n) is 4.97. The first-order valence-electron chi connectivity index (χ1n) is 7.29. The van der Waals surface area contributed by atoms with Crippen LogP contribution in [0, 0.1) is 4.64 Å². The Kier molecular flexibility index (Phi) is 5.11. The summed E-state index contributed by atoms with van der Waals surface area (Å²) in [4.78, 5) is 19.6. The number of pyridine rings is 1. The summed E-state index contributed by atoms with van der Waals surface area (Å²) in [7, 11) is 3.19. The standard InChI is InChI=1S/C17H15N3O3S2/c1-22-10-5-6-14(23-2)12(8-10)13-9-25-17(19-13)20-15(21)11-4-3-7-18-16(11)24/h3-9H,1-2H3,(H,18,24)(H,19,20,21). The number of amides is 1. The van der Waals surface area contributed by atoms with Crippen LogP contribution >= 0.6 is 23.6 Å². The lowest BCUT2D eigenvalue weighted by molar-refractivity contribution is 0.102. The van der Waals surface area contributed by atoms with Gasteiger partial charge in [0.2, 0.25) is 0 Å². The number of thiazole rings is 1. The molecule has 2 N–H and O–H groups in total. The Labute approximate surface area is 153 Å². The zero-order valence-corrected chi connectivity index (χ0v) is 15.2. The van der Waals surface area contributed by atoms with E-state index in [4.69, 9.17) is 21.7 Å². The fourth-order valence-corrected chi connectivity index (χ4v) is 3.17. The molecular formula is C17H15N3O3S2. The number of H-pyrrole nitrogens is 1. The van der Waals surface area contributed by atoms with E-state index in [-0.39, 0.29) is 5.91 Å². The molecular weight excluding hydrogens is 358 g/mol. The number of nitrogens with one attached hydrogen (secondary N) is 2. The van der Waals surface area contributed by atoms with Gasteiger partial charge < -0.3 is 14.5 Å². The Balaban J connectivity index is 1.87. The molecule has 0 saturated heterocycles. The topological polar surface area (TPSA) is 76.2 Å². The van der Waals surface area contributed by atoms with Crippen LogP contribution in [0.3, 0.4) is 0 Å². The number of methoxy groups -OCH3 is 2. The SMILES string of the molecule is COc1ccc(OC)c(-c2csc(NC(=O)c3ccc[nH]c3=S)n2)c1. The average molecular weight is 373 g/mol. The molecule has 3 aromatic rings. The Morgan fingerprint density at radius 1 is 1.28 bits per heavy atom. The average Bonchev–Trinajstić information content (AvgIpc) is 3.09. The largest absolute Gasteiger partial charge is 0.497 e. The van der Waals surface area contributed by atoms with Crippen LogP contribution in [0.25, 0.3) is 11.3 Å². The van der Waals surface area contributed by atoms with Gasteiger partial charge >= 0.3 is 0 Å². The second-order valence-corrected chi connectivity index (χ2v) is 6.24. The van der Waals surface area contributed by atoms with E-state index >= 15 is 0 Å². The second kappa shape index (κ2) is 7.45. The molecule has 1 amide bonds. The molecule has 0 saturated carbocycles. The van der Waals surface area contributed by atoms with E-state index in [0.29, 0.717) is 32.5 Å². The van der Waals surface area contributed by atoms with Gasteiger partial charge in [0.05, 0.1) is 25.5 Å². The van der Waals surface area contributed by atoms with Crippen LogP contribution in [-0.2, 0) is 0 Å². The molecule has 3 rings (SSSR count). The zero-order valence-electron chi connectivity index (χ0n) is 13.5. The molecule has 25 heavy (non-hydrogen) atoms. The lowest BCUT2D eigenvalue weighted by Gasteiger charge is -2.08. The predicted octanol–water partition coefficient (Wildman–Crippen LogP) is 4.14. The lowest BCUT2D eigenvalue weighted by atomic mass is 10.1. The molecule has 6 nitrogen and oxygen atoms in total. The van der Waals surface area contributed by atoms with E-state index < -0.39 is 0 Å². The Morgan fingerprint density at radius 3 is 2.84 bits per heavy atom. The number of ether oxygens (including phenoxy) is 2. The molecule has 0 bridgehead atoms. The number of anilines is 1. The van der Waals surface area contributed by atoms with Crippen LogP contribution in [0.15, 0.2) is 41.9 Å². The Morgan fingerprint density at radius 2 is 2.12 bits per heavy atom. The molecule has 1 aromatic carbocycles.